The third kappa shape index (κ3) is 2.18. The number of nitrogens with two attached hydrogens (primary N) is 1. The minimum absolute atomic E-state index is 0.280. The van der Waals surface area contributed by atoms with E-state index in [1.54, 1.807) is 7.11 Å². The molecule has 0 atom stereocenters. The largest absolute Gasteiger partial charge is 0.497 e. The smallest absolute Gasteiger partial charge is 0.129 e. The van der Waals surface area contributed by atoms with Gasteiger partial charge in [0.1, 0.15) is 11.6 Å². The fourth-order valence-electron chi connectivity index (χ4n) is 3.33. The molecule has 20 heavy (non-hydrogen) atoms. The Labute approximate surface area is 119 Å². The second-order valence-electron chi connectivity index (χ2n) is 5.92. The summed E-state index contributed by atoms with van der Waals surface area (Å²) >= 11 is 0. The van der Waals surface area contributed by atoms with Crippen LogP contribution >= 0.6 is 0 Å². The molecule has 2 aromatic rings. The fourth-order valence-corrected chi connectivity index (χ4v) is 3.33. The Kier molecular flexibility index (Phi) is 3.42. The lowest BCUT2D eigenvalue weighted by atomic mass is 9.90. The number of nitrogens with zero attached hydrogens (tertiary/aromatic N) is 2. The Morgan fingerprint density at radius 2 is 1.90 bits per heavy atom. The number of benzene rings is 1. The maximum absolute atomic E-state index is 6.70. The van der Waals surface area contributed by atoms with Crippen LogP contribution in [0.25, 0.3) is 11.0 Å². The number of imidazole rings is 1. The highest BCUT2D eigenvalue weighted by molar-refractivity contribution is 5.78. The van der Waals surface area contributed by atoms with E-state index < -0.39 is 0 Å². The average Bonchev–Trinajstić information content (AvgIpc) is 2.64. The Morgan fingerprint density at radius 1 is 1.20 bits per heavy atom. The Hall–Kier alpha value is -1.55. The van der Waals surface area contributed by atoms with Crippen LogP contribution in [0.3, 0.4) is 0 Å². The Balaban J connectivity index is 2.08. The highest BCUT2D eigenvalue weighted by Gasteiger charge is 2.32. The lowest BCUT2D eigenvalue weighted by Gasteiger charge is -2.27. The molecule has 0 unspecified atom stereocenters. The monoisotopic (exact) mass is 273 g/mol. The minimum Gasteiger partial charge on any atom is -0.497 e. The van der Waals surface area contributed by atoms with Crippen molar-refractivity contribution in [3.8, 4) is 5.75 Å². The SMILES string of the molecule is COc1ccc2c(c1)nc(C1(N)CCCCCC1)n2C. The van der Waals surface area contributed by atoms with Gasteiger partial charge in [0, 0.05) is 13.1 Å². The molecule has 1 saturated carbocycles. The molecule has 4 nitrogen and oxygen atoms in total. The standard InChI is InChI=1S/C16H23N3O/c1-19-14-8-7-12(20-2)11-13(14)18-15(19)16(17)9-5-3-4-6-10-16/h7-8,11H,3-6,9-10,17H2,1-2H3. The van der Waals surface area contributed by atoms with Crippen LogP contribution < -0.4 is 10.5 Å². The molecule has 1 aromatic heterocycles. The van der Waals surface area contributed by atoms with Crippen LogP contribution in [-0.4, -0.2) is 16.7 Å². The molecule has 1 heterocycles. The lowest BCUT2D eigenvalue weighted by molar-refractivity contribution is 0.355. The van der Waals surface area contributed by atoms with Crippen LogP contribution in [0.1, 0.15) is 44.3 Å². The summed E-state index contributed by atoms with van der Waals surface area (Å²) < 4.78 is 7.43. The third-order valence-electron chi connectivity index (χ3n) is 4.53. The molecule has 4 heteroatoms. The number of fused-ring (bicyclic) bond motifs is 1. The first-order chi connectivity index (χ1) is 9.64. The summed E-state index contributed by atoms with van der Waals surface area (Å²) in [6.07, 6.45) is 7.03. The molecule has 1 fully saturated rings. The van der Waals surface area contributed by atoms with E-state index in [0.717, 1.165) is 35.4 Å². The molecule has 0 saturated heterocycles. The minimum atomic E-state index is -0.280. The fraction of sp³-hybridized carbons (Fsp3) is 0.562. The van der Waals surface area contributed by atoms with E-state index in [1.807, 2.05) is 12.1 Å². The number of aromatic nitrogens is 2. The summed E-state index contributed by atoms with van der Waals surface area (Å²) in [6.45, 7) is 0. The van der Waals surface area contributed by atoms with Gasteiger partial charge in [0.05, 0.1) is 23.7 Å². The van der Waals surface area contributed by atoms with E-state index in [2.05, 4.69) is 17.7 Å². The van der Waals surface area contributed by atoms with E-state index >= 15 is 0 Å². The quantitative estimate of drug-likeness (QED) is 0.855. The zero-order valence-electron chi connectivity index (χ0n) is 12.4. The van der Waals surface area contributed by atoms with Crippen molar-refractivity contribution in [2.75, 3.05) is 7.11 Å². The zero-order valence-corrected chi connectivity index (χ0v) is 12.4. The van der Waals surface area contributed by atoms with Crippen molar-refractivity contribution < 1.29 is 4.74 Å². The number of hydrogen-bond acceptors (Lipinski definition) is 3. The molecule has 2 N–H and O–H groups in total. The molecule has 3 rings (SSSR count). The maximum atomic E-state index is 6.70. The number of hydrogen-bond donors (Lipinski definition) is 1. The van der Waals surface area contributed by atoms with Gasteiger partial charge in [-0.3, -0.25) is 0 Å². The Morgan fingerprint density at radius 3 is 2.55 bits per heavy atom. The molecule has 1 aromatic carbocycles. The van der Waals surface area contributed by atoms with Crippen molar-refractivity contribution in [1.82, 2.24) is 9.55 Å². The van der Waals surface area contributed by atoms with Crippen molar-refractivity contribution in [2.24, 2.45) is 12.8 Å². The summed E-state index contributed by atoms with van der Waals surface area (Å²) in [5, 5.41) is 0. The van der Waals surface area contributed by atoms with Crippen LogP contribution in [0.4, 0.5) is 0 Å². The summed E-state index contributed by atoms with van der Waals surface area (Å²) in [6, 6.07) is 6.02. The first-order valence-corrected chi connectivity index (χ1v) is 7.44. The second-order valence-corrected chi connectivity index (χ2v) is 5.92. The molecule has 1 aliphatic carbocycles. The van der Waals surface area contributed by atoms with Crippen molar-refractivity contribution in [2.45, 2.75) is 44.1 Å². The number of ether oxygens (including phenoxy) is 1. The van der Waals surface area contributed by atoms with Crippen LogP contribution in [0, 0.1) is 0 Å². The maximum Gasteiger partial charge on any atom is 0.129 e. The molecular formula is C16H23N3O. The summed E-state index contributed by atoms with van der Waals surface area (Å²) in [5.74, 6) is 1.86. The first kappa shape index (κ1) is 13.4. The highest BCUT2D eigenvalue weighted by Crippen LogP contribution is 2.34. The highest BCUT2D eigenvalue weighted by atomic mass is 16.5. The molecule has 108 valence electrons. The lowest BCUT2D eigenvalue weighted by Crippen LogP contribution is -2.38. The van der Waals surface area contributed by atoms with Crippen LogP contribution in [-0.2, 0) is 12.6 Å². The third-order valence-corrected chi connectivity index (χ3v) is 4.53. The zero-order chi connectivity index (χ0) is 14.2. The van der Waals surface area contributed by atoms with E-state index in [4.69, 9.17) is 15.5 Å². The summed E-state index contributed by atoms with van der Waals surface area (Å²) in [4.78, 5) is 4.82. The Bertz CT molecular complexity index is 609. The van der Waals surface area contributed by atoms with Gasteiger partial charge in [0.15, 0.2) is 0 Å². The van der Waals surface area contributed by atoms with Crippen molar-refractivity contribution in [3.63, 3.8) is 0 Å². The average molecular weight is 273 g/mol. The van der Waals surface area contributed by atoms with E-state index in [9.17, 15) is 0 Å². The molecule has 0 amide bonds. The van der Waals surface area contributed by atoms with E-state index in [-0.39, 0.29) is 5.54 Å². The van der Waals surface area contributed by atoms with Gasteiger partial charge in [-0.2, -0.15) is 0 Å². The second kappa shape index (κ2) is 5.09. The predicted octanol–water partition coefficient (Wildman–Crippen LogP) is 3.09. The first-order valence-electron chi connectivity index (χ1n) is 7.44. The van der Waals surface area contributed by atoms with Crippen LogP contribution in [0.5, 0.6) is 5.75 Å². The number of methoxy groups -OCH3 is 1. The topological polar surface area (TPSA) is 53.1 Å². The van der Waals surface area contributed by atoms with Gasteiger partial charge >= 0.3 is 0 Å². The van der Waals surface area contributed by atoms with Gasteiger partial charge in [-0.15, -0.1) is 0 Å². The summed E-state index contributed by atoms with van der Waals surface area (Å²) in [5.41, 5.74) is 8.51. The van der Waals surface area contributed by atoms with E-state index in [0.29, 0.717) is 0 Å². The van der Waals surface area contributed by atoms with Crippen molar-refractivity contribution in [3.05, 3.63) is 24.0 Å². The van der Waals surface area contributed by atoms with Gasteiger partial charge in [0.2, 0.25) is 0 Å². The van der Waals surface area contributed by atoms with Crippen molar-refractivity contribution >= 4 is 11.0 Å². The molecule has 0 radical (unpaired) electrons. The molecule has 0 aliphatic heterocycles. The van der Waals surface area contributed by atoms with Crippen LogP contribution in [0.2, 0.25) is 0 Å². The molecule has 0 spiro atoms. The van der Waals surface area contributed by atoms with Gasteiger partial charge in [-0.05, 0) is 25.0 Å². The van der Waals surface area contributed by atoms with Gasteiger partial charge in [-0.1, -0.05) is 25.7 Å². The number of rotatable bonds is 2. The molecular weight excluding hydrogens is 250 g/mol. The van der Waals surface area contributed by atoms with Gasteiger partial charge < -0.3 is 15.0 Å². The van der Waals surface area contributed by atoms with Gasteiger partial charge in [-0.25, -0.2) is 4.98 Å². The van der Waals surface area contributed by atoms with E-state index in [1.165, 1.54) is 25.7 Å². The molecule has 1 aliphatic rings. The number of aryl methyl sites for hydroxylation is 1. The summed E-state index contributed by atoms with van der Waals surface area (Å²) in [7, 11) is 3.75. The normalized spacial score (nSPS) is 18.9. The van der Waals surface area contributed by atoms with Crippen molar-refractivity contribution in [1.29, 1.82) is 0 Å². The predicted molar refractivity (Wildman–Crippen MR) is 80.8 cm³/mol. The molecule has 0 bridgehead atoms. The van der Waals surface area contributed by atoms with Gasteiger partial charge in [0.25, 0.3) is 0 Å². The van der Waals surface area contributed by atoms with Crippen LogP contribution in [0.15, 0.2) is 18.2 Å².